The van der Waals surface area contributed by atoms with E-state index in [4.69, 9.17) is 14.2 Å². The highest BCUT2D eigenvalue weighted by Gasteiger charge is 2.27. The summed E-state index contributed by atoms with van der Waals surface area (Å²) in [5, 5.41) is 13.9. The number of nitrogens with zero attached hydrogens (tertiary/aromatic N) is 1. The van der Waals surface area contributed by atoms with Crippen molar-refractivity contribution < 1.29 is 24.1 Å². The molecular weight excluding hydrogens is 324 g/mol. The number of para-hydroxylation sites is 3. The van der Waals surface area contributed by atoms with E-state index >= 15 is 0 Å². The molecule has 0 saturated carbocycles. The zero-order valence-corrected chi connectivity index (χ0v) is 13.6. The van der Waals surface area contributed by atoms with E-state index in [-0.39, 0.29) is 12.4 Å². The van der Waals surface area contributed by atoms with Gasteiger partial charge in [0.1, 0.15) is 6.61 Å². The number of carbonyl (C=O) groups excluding carboxylic acids is 1. The summed E-state index contributed by atoms with van der Waals surface area (Å²) in [5.74, 6) is 1.01. The van der Waals surface area contributed by atoms with Crippen LogP contribution in [0.5, 0.6) is 23.0 Å². The first-order chi connectivity index (χ1) is 12.2. The first-order valence-corrected chi connectivity index (χ1v) is 7.85. The van der Waals surface area contributed by atoms with E-state index in [1.165, 1.54) is 6.21 Å². The number of fused-ring (bicyclic) bond motifs is 1. The second kappa shape index (κ2) is 7.57. The third-order valence-electron chi connectivity index (χ3n) is 3.51. The Morgan fingerprint density at radius 2 is 2.12 bits per heavy atom. The maximum absolute atomic E-state index is 12.1. The molecule has 0 bridgehead atoms. The average Bonchev–Trinajstić information content (AvgIpc) is 2.64. The van der Waals surface area contributed by atoms with Gasteiger partial charge in [-0.3, -0.25) is 4.79 Å². The first-order valence-electron chi connectivity index (χ1n) is 7.85. The van der Waals surface area contributed by atoms with Crippen molar-refractivity contribution in [3.8, 4) is 23.0 Å². The van der Waals surface area contributed by atoms with Crippen LogP contribution in [0, 0.1) is 0 Å². The fourth-order valence-corrected chi connectivity index (χ4v) is 2.30. The number of rotatable bonds is 5. The summed E-state index contributed by atoms with van der Waals surface area (Å²) in [6.45, 7) is 2.36. The zero-order chi connectivity index (χ0) is 17.6. The van der Waals surface area contributed by atoms with Crippen molar-refractivity contribution in [3.05, 3.63) is 48.0 Å². The Hall–Kier alpha value is -3.22. The minimum Gasteiger partial charge on any atom is -0.504 e. The van der Waals surface area contributed by atoms with Gasteiger partial charge in [-0.05, 0) is 31.2 Å². The van der Waals surface area contributed by atoms with Crippen LogP contribution in [0.25, 0.3) is 0 Å². The predicted molar refractivity (Wildman–Crippen MR) is 91.4 cm³/mol. The second-order valence-corrected chi connectivity index (χ2v) is 5.23. The van der Waals surface area contributed by atoms with Gasteiger partial charge in [-0.2, -0.15) is 5.10 Å². The maximum Gasteiger partial charge on any atom is 0.284 e. The fraction of sp³-hybridized carbons (Fsp3) is 0.222. The standard InChI is InChI=1S/C18H18N2O5/c1-2-23-15-9-5-6-12(17(15)21)10-19-20-18(22)16-11-24-13-7-3-4-8-14(13)25-16/h3-10,16,21H,2,11H2,1H3,(H,20,22)/b19-10+/t16-/m0/s1. The van der Waals surface area contributed by atoms with Gasteiger partial charge in [0.05, 0.1) is 12.8 Å². The molecule has 0 radical (unpaired) electrons. The maximum atomic E-state index is 12.1. The van der Waals surface area contributed by atoms with Crippen LogP contribution in [0.4, 0.5) is 0 Å². The Morgan fingerprint density at radius 1 is 1.32 bits per heavy atom. The van der Waals surface area contributed by atoms with Crippen LogP contribution in [0.15, 0.2) is 47.6 Å². The van der Waals surface area contributed by atoms with Gasteiger partial charge in [0.25, 0.3) is 5.91 Å². The topological polar surface area (TPSA) is 89.4 Å². The predicted octanol–water partition coefficient (Wildman–Crippen LogP) is 2.08. The van der Waals surface area contributed by atoms with Crippen molar-refractivity contribution in [2.24, 2.45) is 5.10 Å². The number of carbonyl (C=O) groups is 1. The van der Waals surface area contributed by atoms with Gasteiger partial charge >= 0.3 is 0 Å². The molecular formula is C18H18N2O5. The van der Waals surface area contributed by atoms with Crippen LogP contribution in [-0.4, -0.2) is 36.5 Å². The molecule has 0 spiro atoms. The van der Waals surface area contributed by atoms with Gasteiger partial charge in [-0.1, -0.05) is 18.2 Å². The summed E-state index contributed by atoms with van der Waals surface area (Å²) >= 11 is 0. The highest BCUT2D eigenvalue weighted by atomic mass is 16.6. The second-order valence-electron chi connectivity index (χ2n) is 5.23. The van der Waals surface area contributed by atoms with Crippen LogP contribution in [0.1, 0.15) is 12.5 Å². The molecule has 7 heteroatoms. The van der Waals surface area contributed by atoms with Crippen molar-refractivity contribution in [2.45, 2.75) is 13.0 Å². The molecule has 0 unspecified atom stereocenters. The highest BCUT2D eigenvalue weighted by Crippen LogP contribution is 2.31. The minimum atomic E-state index is -0.796. The zero-order valence-electron chi connectivity index (χ0n) is 13.6. The van der Waals surface area contributed by atoms with Crippen LogP contribution < -0.4 is 19.6 Å². The van der Waals surface area contributed by atoms with Crippen LogP contribution in [0.2, 0.25) is 0 Å². The van der Waals surface area contributed by atoms with E-state index in [0.29, 0.717) is 29.4 Å². The minimum absolute atomic E-state index is 0.0338. The third kappa shape index (κ3) is 3.82. The normalized spacial score (nSPS) is 15.8. The molecule has 0 saturated heterocycles. The fourth-order valence-electron chi connectivity index (χ4n) is 2.30. The van der Waals surface area contributed by atoms with Gasteiger partial charge in [0.2, 0.25) is 6.10 Å². The SMILES string of the molecule is CCOc1cccc(/C=N/NC(=O)[C@@H]2COc3ccccc3O2)c1O. The third-order valence-corrected chi connectivity index (χ3v) is 3.51. The lowest BCUT2D eigenvalue weighted by Crippen LogP contribution is -2.42. The molecule has 1 aliphatic rings. The Kier molecular flexibility index (Phi) is 5.03. The smallest absolute Gasteiger partial charge is 0.284 e. The Morgan fingerprint density at radius 3 is 2.92 bits per heavy atom. The van der Waals surface area contributed by atoms with Gasteiger partial charge in [-0.25, -0.2) is 5.43 Å². The molecule has 130 valence electrons. The molecule has 1 atom stereocenters. The van der Waals surface area contributed by atoms with Gasteiger partial charge in [0.15, 0.2) is 23.0 Å². The Bertz CT molecular complexity index is 791. The lowest BCUT2D eigenvalue weighted by Gasteiger charge is -2.24. The number of hydrogen-bond donors (Lipinski definition) is 2. The van der Waals surface area contributed by atoms with Crippen molar-refractivity contribution in [3.63, 3.8) is 0 Å². The van der Waals surface area contributed by atoms with Crippen LogP contribution in [-0.2, 0) is 4.79 Å². The molecule has 0 aliphatic carbocycles. The number of phenolic OH excluding ortho intramolecular Hbond substituents is 1. The number of ether oxygens (including phenoxy) is 3. The number of nitrogens with one attached hydrogen (secondary N) is 1. The molecule has 2 N–H and O–H groups in total. The average molecular weight is 342 g/mol. The summed E-state index contributed by atoms with van der Waals surface area (Å²) in [4.78, 5) is 12.1. The van der Waals surface area contributed by atoms with Gasteiger partial charge in [-0.15, -0.1) is 0 Å². The number of benzene rings is 2. The quantitative estimate of drug-likeness (QED) is 0.641. The van der Waals surface area contributed by atoms with Crippen molar-refractivity contribution >= 4 is 12.1 Å². The number of hydrogen-bond acceptors (Lipinski definition) is 6. The molecule has 25 heavy (non-hydrogen) atoms. The summed E-state index contributed by atoms with van der Waals surface area (Å²) < 4.78 is 16.4. The molecule has 0 fully saturated rings. The Balaban J connectivity index is 1.61. The number of amides is 1. The molecule has 1 aliphatic heterocycles. The molecule has 2 aromatic carbocycles. The summed E-state index contributed by atoms with van der Waals surface area (Å²) in [6, 6.07) is 12.2. The number of hydrazone groups is 1. The summed E-state index contributed by atoms with van der Waals surface area (Å²) in [5.41, 5.74) is 2.81. The van der Waals surface area contributed by atoms with Crippen molar-refractivity contribution in [2.75, 3.05) is 13.2 Å². The molecule has 7 nitrogen and oxygen atoms in total. The van der Waals surface area contributed by atoms with Crippen molar-refractivity contribution in [1.29, 1.82) is 0 Å². The molecule has 2 aromatic rings. The molecule has 1 amide bonds. The van der Waals surface area contributed by atoms with Crippen LogP contribution >= 0.6 is 0 Å². The number of phenols is 1. The van der Waals surface area contributed by atoms with E-state index in [0.717, 1.165) is 0 Å². The molecule has 0 aromatic heterocycles. The largest absolute Gasteiger partial charge is 0.504 e. The van der Waals surface area contributed by atoms with E-state index in [1.807, 2.05) is 13.0 Å². The summed E-state index contributed by atoms with van der Waals surface area (Å²) in [7, 11) is 0. The van der Waals surface area contributed by atoms with Crippen molar-refractivity contribution in [1.82, 2.24) is 5.43 Å². The van der Waals surface area contributed by atoms with E-state index in [1.54, 1.807) is 36.4 Å². The highest BCUT2D eigenvalue weighted by molar-refractivity contribution is 5.87. The van der Waals surface area contributed by atoms with Gasteiger partial charge < -0.3 is 19.3 Å². The van der Waals surface area contributed by atoms with E-state index in [9.17, 15) is 9.90 Å². The molecule has 1 heterocycles. The van der Waals surface area contributed by atoms with Crippen LogP contribution in [0.3, 0.4) is 0 Å². The van der Waals surface area contributed by atoms with E-state index in [2.05, 4.69) is 10.5 Å². The lowest BCUT2D eigenvalue weighted by atomic mass is 10.2. The molecule has 3 rings (SSSR count). The lowest BCUT2D eigenvalue weighted by molar-refractivity contribution is -0.130. The van der Waals surface area contributed by atoms with Gasteiger partial charge in [0, 0.05) is 5.56 Å². The summed E-state index contributed by atoms with van der Waals surface area (Å²) in [6.07, 6.45) is 0.545. The first kappa shape index (κ1) is 16.6. The monoisotopic (exact) mass is 342 g/mol. The Labute approximate surface area is 144 Å². The van der Waals surface area contributed by atoms with E-state index < -0.39 is 12.0 Å². The number of aromatic hydroxyl groups is 1.